The Morgan fingerprint density at radius 1 is 1.05 bits per heavy atom. The minimum Gasteiger partial charge on any atom is -0.507 e. The van der Waals surface area contributed by atoms with E-state index >= 15 is 0 Å². The van der Waals surface area contributed by atoms with E-state index in [-0.39, 0.29) is 17.1 Å². The summed E-state index contributed by atoms with van der Waals surface area (Å²) >= 11 is 0. The lowest BCUT2D eigenvalue weighted by Gasteiger charge is -2.10. The van der Waals surface area contributed by atoms with Crippen molar-refractivity contribution in [3.8, 4) is 22.6 Å². The van der Waals surface area contributed by atoms with Gasteiger partial charge in [-0.3, -0.25) is 0 Å². The van der Waals surface area contributed by atoms with Crippen LogP contribution in [0.25, 0.3) is 11.1 Å². The molecule has 2 aromatic carbocycles. The highest BCUT2D eigenvalue weighted by atomic mass is 19.4. The van der Waals surface area contributed by atoms with Crippen LogP contribution in [-0.2, 0) is 0 Å². The van der Waals surface area contributed by atoms with E-state index in [9.17, 15) is 23.1 Å². The van der Waals surface area contributed by atoms with Crippen molar-refractivity contribution in [2.75, 3.05) is 0 Å². The van der Waals surface area contributed by atoms with E-state index < -0.39 is 12.3 Å². The van der Waals surface area contributed by atoms with Gasteiger partial charge in [0.05, 0.1) is 5.56 Å². The van der Waals surface area contributed by atoms with Crippen LogP contribution in [-0.4, -0.2) is 22.5 Å². The van der Waals surface area contributed by atoms with Gasteiger partial charge in [0.25, 0.3) is 0 Å². The molecule has 0 saturated carbocycles. The number of halogens is 3. The van der Waals surface area contributed by atoms with Crippen molar-refractivity contribution in [3.05, 3.63) is 48.0 Å². The summed E-state index contributed by atoms with van der Waals surface area (Å²) in [5.41, 5.74) is 0.644. The van der Waals surface area contributed by atoms with Gasteiger partial charge < -0.3 is 14.9 Å². The molecule has 0 aromatic heterocycles. The molecule has 0 fully saturated rings. The summed E-state index contributed by atoms with van der Waals surface area (Å²) in [6.45, 7) is 0. The van der Waals surface area contributed by atoms with E-state index in [0.717, 1.165) is 18.2 Å². The van der Waals surface area contributed by atoms with Crippen molar-refractivity contribution in [1.82, 2.24) is 0 Å². The molecule has 4 nitrogen and oxygen atoms in total. The Kier molecular flexibility index (Phi) is 3.75. The molecule has 0 radical (unpaired) electrons. The van der Waals surface area contributed by atoms with Crippen LogP contribution in [0.15, 0.2) is 42.5 Å². The van der Waals surface area contributed by atoms with Crippen LogP contribution in [0.3, 0.4) is 0 Å². The molecule has 0 atom stereocenters. The van der Waals surface area contributed by atoms with Crippen LogP contribution in [0.4, 0.5) is 13.2 Å². The van der Waals surface area contributed by atoms with Crippen molar-refractivity contribution in [3.63, 3.8) is 0 Å². The van der Waals surface area contributed by atoms with Gasteiger partial charge in [-0.2, -0.15) is 0 Å². The first kappa shape index (κ1) is 14.7. The molecular weight excluding hydrogens is 289 g/mol. The van der Waals surface area contributed by atoms with Crippen molar-refractivity contribution in [2.45, 2.75) is 6.36 Å². The van der Waals surface area contributed by atoms with Crippen molar-refractivity contribution >= 4 is 5.97 Å². The predicted molar refractivity (Wildman–Crippen MR) is 67.2 cm³/mol. The minimum absolute atomic E-state index is 0.0896. The third-order valence-electron chi connectivity index (χ3n) is 2.64. The Balaban J connectivity index is 2.29. The Bertz CT molecular complexity index is 663. The second kappa shape index (κ2) is 5.35. The maximum atomic E-state index is 12.0. The van der Waals surface area contributed by atoms with Crippen LogP contribution < -0.4 is 4.74 Å². The lowest BCUT2D eigenvalue weighted by Crippen LogP contribution is -2.16. The normalized spacial score (nSPS) is 11.2. The fraction of sp³-hybridized carbons (Fsp3) is 0.0714. The van der Waals surface area contributed by atoms with Gasteiger partial charge in [-0.15, -0.1) is 13.2 Å². The molecule has 110 valence electrons. The molecule has 0 bridgehead atoms. The standard InChI is InChI=1S/C14H9F3O4/c15-14(16,17)21-10-4-1-8(2-5-10)11-6-3-9(13(19)20)7-12(11)18/h1-7,18H,(H,19,20). The average Bonchev–Trinajstić information content (AvgIpc) is 2.38. The number of hydrogen-bond donors (Lipinski definition) is 2. The van der Waals surface area contributed by atoms with Gasteiger partial charge in [-0.1, -0.05) is 12.1 Å². The van der Waals surface area contributed by atoms with Crippen molar-refractivity contribution < 1.29 is 32.9 Å². The zero-order valence-corrected chi connectivity index (χ0v) is 10.4. The number of aromatic hydroxyl groups is 1. The third-order valence-corrected chi connectivity index (χ3v) is 2.64. The SMILES string of the molecule is O=C(O)c1ccc(-c2ccc(OC(F)(F)F)cc2)c(O)c1. The Morgan fingerprint density at radius 3 is 2.14 bits per heavy atom. The summed E-state index contributed by atoms with van der Waals surface area (Å²) in [6.07, 6.45) is -4.77. The van der Waals surface area contributed by atoms with Gasteiger partial charge in [0.1, 0.15) is 11.5 Å². The highest BCUT2D eigenvalue weighted by Crippen LogP contribution is 2.32. The number of benzene rings is 2. The average molecular weight is 298 g/mol. The topological polar surface area (TPSA) is 66.8 Å². The van der Waals surface area contributed by atoms with E-state index in [0.29, 0.717) is 11.1 Å². The molecule has 2 rings (SSSR count). The summed E-state index contributed by atoms with van der Waals surface area (Å²) in [5, 5.41) is 18.6. The molecule has 0 spiro atoms. The van der Waals surface area contributed by atoms with Gasteiger partial charge in [0, 0.05) is 5.56 Å². The second-order valence-electron chi connectivity index (χ2n) is 4.11. The molecule has 0 unspecified atom stereocenters. The summed E-state index contributed by atoms with van der Waals surface area (Å²) in [7, 11) is 0. The number of ether oxygens (including phenoxy) is 1. The maximum Gasteiger partial charge on any atom is 0.573 e. The number of phenolic OH excluding ortho intramolecular Hbond substituents is 1. The van der Waals surface area contributed by atoms with Crippen LogP contribution >= 0.6 is 0 Å². The first-order valence-electron chi connectivity index (χ1n) is 5.69. The minimum atomic E-state index is -4.77. The number of carboxylic acids is 1. The van der Waals surface area contributed by atoms with Gasteiger partial charge in [-0.05, 0) is 35.9 Å². The van der Waals surface area contributed by atoms with E-state index in [1.165, 1.54) is 24.3 Å². The number of hydrogen-bond acceptors (Lipinski definition) is 3. The van der Waals surface area contributed by atoms with Gasteiger partial charge >= 0.3 is 12.3 Å². The molecule has 7 heteroatoms. The smallest absolute Gasteiger partial charge is 0.507 e. The second-order valence-corrected chi connectivity index (χ2v) is 4.11. The van der Waals surface area contributed by atoms with E-state index in [1.54, 1.807) is 0 Å². The highest BCUT2D eigenvalue weighted by Gasteiger charge is 2.30. The van der Waals surface area contributed by atoms with E-state index in [1.807, 2.05) is 0 Å². The first-order valence-corrected chi connectivity index (χ1v) is 5.69. The summed E-state index contributed by atoms with van der Waals surface area (Å²) in [5.74, 6) is -1.85. The molecule has 0 amide bonds. The molecule has 2 N–H and O–H groups in total. The summed E-state index contributed by atoms with van der Waals surface area (Å²) in [6, 6.07) is 8.60. The van der Waals surface area contributed by atoms with Crippen LogP contribution in [0.2, 0.25) is 0 Å². The highest BCUT2D eigenvalue weighted by molar-refractivity contribution is 5.89. The molecule has 0 heterocycles. The van der Waals surface area contributed by atoms with Crippen LogP contribution in [0.5, 0.6) is 11.5 Å². The van der Waals surface area contributed by atoms with Gasteiger partial charge in [-0.25, -0.2) is 4.79 Å². The number of alkyl halides is 3. The fourth-order valence-corrected chi connectivity index (χ4v) is 1.74. The van der Waals surface area contributed by atoms with E-state index in [4.69, 9.17) is 5.11 Å². The largest absolute Gasteiger partial charge is 0.573 e. The quantitative estimate of drug-likeness (QED) is 0.907. The van der Waals surface area contributed by atoms with Crippen LogP contribution in [0.1, 0.15) is 10.4 Å². The lowest BCUT2D eigenvalue weighted by molar-refractivity contribution is -0.274. The molecule has 2 aromatic rings. The Morgan fingerprint density at radius 2 is 1.67 bits per heavy atom. The molecule has 21 heavy (non-hydrogen) atoms. The first-order chi connectivity index (χ1) is 9.76. The molecular formula is C14H9F3O4. The van der Waals surface area contributed by atoms with Crippen LogP contribution in [0, 0.1) is 0 Å². The monoisotopic (exact) mass is 298 g/mol. The molecule has 0 saturated heterocycles. The van der Waals surface area contributed by atoms with Crippen molar-refractivity contribution in [1.29, 1.82) is 0 Å². The molecule has 0 aliphatic carbocycles. The number of aromatic carboxylic acids is 1. The Labute approximate surface area is 117 Å². The third kappa shape index (κ3) is 3.65. The number of carbonyl (C=O) groups is 1. The number of rotatable bonds is 3. The van der Waals surface area contributed by atoms with Gasteiger partial charge in [0.2, 0.25) is 0 Å². The predicted octanol–water partition coefficient (Wildman–Crippen LogP) is 3.66. The number of phenols is 1. The van der Waals surface area contributed by atoms with Crippen molar-refractivity contribution in [2.24, 2.45) is 0 Å². The summed E-state index contributed by atoms with van der Waals surface area (Å²) in [4.78, 5) is 10.7. The summed E-state index contributed by atoms with van der Waals surface area (Å²) < 4.78 is 39.8. The Hall–Kier alpha value is -2.70. The van der Waals surface area contributed by atoms with E-state index in [2.05, 4.69) is 4.74 Å². The zero-order valence-electron chi connectivity index (χ0n) is 10.4. The fourth-order valence-electron chi connectivity index (χ4n) is 1.74. The van der Waals surface area contributed by atoms with Gasteiger partial charge in [0.15, 0.2) is 0 Å². The molecule has 0 aliphatic rings. The maximum absolute atomic E-state index is 12.0. The molecule has 0 aliphatic heterocycles. The lowest BCUT2D eigenvalue weighted by atomic mass is 10.0. The number of carboxylic acid groups (broad SMARTS) is 1. The zero-order chi connectivity index (χ0) is 15.6.